The zero-order valence-corrected chi connectivity index (χ0v) is 12.5. The Morgan fingerprint density at radius 1 is 1.10 bits per heavy atom. The number of benzene rings is 1. The maximum Gasteiger partial charge on any atom is 0.128 e. The van der Waals surface area contributed by atoms with Crippen molar-refractivity contribution in [3.63, 3.8) is 0 Å². The minimum Gasteiger partial charge on any atom is -0.490 e. The van der Waals surface area contributed by atoms with E-state index in [0.29, 0.717) is 12.1 Å². The second kappa shape index (κ2) is 5.05. The fourth-order valence-corrected chi connectivity index (χ4v) is 4.92. The number of rotatable bonds is 2. The van der Waals surface area contributed by atoms with Gasteiger partial charge in [-0.15, -0.1) is 11.3 Å². The Labute approximate surface area is 123 Å². The van der Waals surface area contributed by atoms with Crippen LogP contribution in [0.5, 0.6) is 5.75 Å². The molecule has 1 fully saturated rings. The van der Waals surface area contributed by atoms with Gasteiger partial charge in [-0.1, -0.05) is 6.07 Å². The van der Waals surface area contributed by atoms with Gasteiger partial charge in [0.05, 0.1) is 6.10 Å². The maximum atomic E-state index is 6.35. The second-order valence-electron chi connectivity index (χ2n) is 6.14. The van der Waals surface area contributed by atoms with Crippen molar-refractivity contribution in [3.8, 4) is 5.75 Å². The van der Waals surface area contributed by atoms with E-state index in [9.17, 15) is 0 Å². The Morgan fingerprint density at radius 2 is 1.95 bits per heavy atom. The van der Waals surface area contributed by atoms with Crippen LogP contribution in [-0.4, -0.2) is 12.1 Å². The number of thiophene rings is 1. The molecule has 3 heteroatoms. The standard InChI is InChI=1S/C17H21NOS/c18-11-7-9-12(10-8-11)19-14-4-2-6-16-17(14)13-3-1-5-15(13)20-16/h2,4,6,11-12H,1,3,5,7-10,18H2. The second-order valence-corrected chi connectivity index (χ2v) is 7.28. The third-order valence-electron chi connectivity index (χ3n) is 4.70. The topological polar surface area (TPSA) is 35.2 Å². The molecule has 2 aromatic rings. The number of hydrogen-bond acceptors (Lipinski definition) is 3. The molecule has 0 atom stereocenters. The van der Waals surface area contributed by atoms with Crippen LogP contribution in [0, 0.1) is 0 Å². The molecule has 0 saturated heterocycles. The van der Waals surface area contributed by atoms with Gasteiger partial charge in [0, 0.05) is 21.0 Å². The molecule has 0 spiro atoms. The van der Waals surface area contributed by atoms with Crippen LogP contribution in [0.1, 0.15) is 42.5 Å². The quantitative estimate of drug-likeness (QED) is 0.904. The lowest BCUT2D eigenvalue weighted by Crippen LogP contribution is -2.31. The summed E-state index contributed by atoms with van der Waals surface area (Å²) in [6.45, 7) is 0. The van der Waals surface area contributed by atoms with Gasteiger partial charge in [-0.05, 0) is 62.6 Å². The fraction of sp³-hybridized carbons (Fsp3) is 0.529. The van der Waals surface area contributed by atoms with E-state index in [1.807, 2.05) is 11.3 Å². The van der Waals surface area contributed by atoms with Gasteiger partial charge >= 0.3 is 0 Å². The lowest BCUT2D eigenvalue weighted by atomic mass is 9.93. The highest BCUT2D eigenvalue weighted by atomic mass is 32.1. The van der Waals surface area contributed by atoms with Crippen LogP contribution in [0.25, 0.3) is 10.1 Å². The first-order valence-corrected chi connectivity index (χ1v) is 8.58. The van der Waals surface area contributed by atoms with Gasteiger partial charge in [0.25, 0.3) is 0 Å². The molecule has 1 aromatic heterocycles. The highest BCUT2D eigenvalue weighted by molar-refractivity contribution is 7.19. The molecule has 1 aromatic carbocycles. The Kier molecular flexibility index (Phi) is 3.20. The van der Waals surface area contributed by atoms with E-state index < -0.39 is 0 Å². The summed E-state index contributed by atoms with van der Waals surface area (Å²) in [6.07, 6.45) is 8.55. The minimum atomic E-state index is 0.359. The van der Waals surface area contributed by atoms with Gasteiger partial charge in [-0.25, -0.2) is 0 Å². The molecule has 4 rings (SSSR count). The normalized spacial score (nSPS) is 25.9. The zero-order chi connectivity index (χ0) is 13.5. The molecule has 2 aliphatic rings. The fourth-order valence-electron chi connectivity index (χ4n) is 3.60. The molecule has 1 saturated carbocycles. The summed E-state index contributed by atoms with van der Waals surface area (Å²) < 4.78 is 7.75. The molecule has 0 radical (unpaired) electrons. The van der Waals surface area contributed by atoms with Gasteiger partial charge in [0.2, 0.25) is 0 Å². The van der Waals surface area contributed by atoms with E-state index in [0.717, 1.165) is 31.4 Å². The zero-order valence-electron chi connectivity index (χ0n) is 11.7. The van der Waals surface area contributed by atoms with Crippen LogP contribution in [0.3, 0.4) is 0 Å². The van der Waals surface area contributed by atoms with Crippen molar-refractivity contribution < 1.29 is 4.74 Å². The molecule has 1 heterocycles. The van der Waals surface area contributed by atoms with Crippen LogP contribution in [0.4, 0.5) is 0 Å². The summed E-state index contributed by atoms with van der Waals surface area (Å²) in [5.41, 5.74) is 7.55. The Hall–Kier alpha value is -1.06. The molecule has 0 amide bonds. The molecule has 0 unspecified atom stereocenters. The van der Waals surface area contributed by atoms with Crippen molar-refractivity contribution >= 4 is 21.4 Å². The third kappa shape index (κ3) is 2.13. The lowest BCUT2D eigenvalue weighted by Gasteiger charge is -2.27. The Morgan fingerprint density at radius 3 is 2.80 bits per heavy atom. The number of hydrogen-bond donors (Lipinski definition) is 1. The minimum absolute atomic E-state index is 0.359. The van der Waals surface area contributed by atoms with Gasteiger partial charge in [-0.2, -0.15) is 0 Å². The van der Waals surface area contributed by atoms with Crippen molar-refractivity contribution in [3.05, 3.63) is 28.6 Å². The number of ether oxygens (including phenoxy) is 1. The molecular formula is C17H21NOS. The average molecular weight is 287 g/mol. The van der Waals surface area contributed by atoms with Crippen LogP contribution in [0.2, 0.25) is 0 Å². The predicted molar refractivity (Wildman–Crippen MR) is 84.7 cm³/mol. The highest BCUT2D eigenvalue weighted by Crippen LogP contribution is 2.42. The van der Waals surface area contributed by atoms with Crippen LogP contribution < -0.4 is 10.5 Å². The van der Waals surface area contributed by atoms with Gasteiger partial charge in [-0.3, -0.25) is 0 Å². The van der Waals surface area contributed by atoms with E-state index in [1.165, 1.54) is 29.3 Å². The number of nitrogens with two attached hydrogens (primary N) is 1. The van der Waals surface area contributed by atoms with E-state index in [4.69, 9.17) is 10.5 Å². The molecule has 106 valence electrons. The monoisotopic (exact) mass is 287 g/mol. The van der Waals surface area contributed by atoms with Gasteiger partial charge in [0.1, 0.15) is 5.75 Å². The van der Waals surface area contributed by atoms with Crippen molar-refractivity contribution in [1.29, 1.82) is 0 Å². The van der Waals surface area contributed by atoms with Crippen molar-refractivity contribution in [2.24, 2.45) is 5.73 Å². The summed E-state index contributed by atoms with van der Waals surface area (Å²) in [5, 5.41) is 1.40. The van der Waals surface area contributed by atoms with Crippen LogP contribution >= 0.6 is 11.3 Å². The molecule has 2 N–H and O–H groups in total. The van der Waals surface area contributed by atoms with Crippen molar-refractivity contribution in [2.45, 2.75) is 57.1 Å². The van der Waals surface area contributed by atoms with E-state index >= 15 is 0 Å². The molecule has 2 aliphatic carbocycles. The van der Waals surface area contributed by atoms with Gasteiger partial charge < -0.3 is 10.5 Å². The maximum absolute atomic E-state index is 6.35. The Balaban J connectivity index is 1.66. The molecular weight excluding hydrogens is 266 g/mol. The average Bonchev–Trinajstić information content (AvgIpc) is 3.02. The van der Waals surface area contributed by atoms with Crippen LogP contribution in [-0.2, 0) is 12.8 Å². The summed E-state index contributed by atoms with van der Waals surface area (Å²) >= 11 is 1.96. The van der Waals surface area contributed by atoms with Crippen molar-refractivity contribution in [1.82, 2.24) is 0 Å². The summed E-state index contributed by atoms with van der Waals surface area (Å²) in [5.74, 6) is 1.11. The summed E-state index contributed by atoms with van der Waals surface area (Å²) in [4.78, 5) is 1.58. The molecule has 0 bridgehead atoms. The van der Waals surface area contributed by atoms with E-state index in [2.05, 4.69) is 18.2 Å². The smallest absolute Gasteiger partial charge is 0.128 e. The van der Waals surface area contributed by atoms with E-state index in [1.54, 1.807) is 10.4 Å². The van der Waals surface area contributed by atoms with E-state index in [-0.39, 0.29) is 0 Å². The van der Waals surface area contributed by atoms with Gasteiger partial charge in [0.15, 0.2) is 0 Å². The number of aryl methyl sites for hydroxylation is 2. The highest BCUT2D eigenvalue weighted by Gasteiger charge is 2.23. The summed E-state index contributed by atoms with van der Waals surface area (Å²) in [6, 6.07) is 6.92. The predicted octanol–water partition coefficient (Wildman–Crippen LogP) is 4.04. The summed E-state index contributed by atoms with van der Waals surface area (Å²) in [7, 11) is 0. The van der Waals surface area contributed by atoms with Crippen molar-refractivity contribution in [2.75, 3.05) is 0 Å². The first-order chi connectivity index (χ1) is 9.81. The first kappa shape index (κ1) is 12.7. The Bertz CT molecular complexity index is 625. The molecule has 20 heavy (non-hydrogen) atoms. The first-order valence-electron chi connectivity index (χ1n) is 7.77. The molecule has 2 nitrogen and oxygen atoms in total. The SMILES string of the molecule is NC1CCC(Oc2cccc3sc4c(c23)CCC4)CC1. The lowest BCUT2D eigenvalue weighted by molar-refractivity contribution is 0.149. The molecule has 0 aliphatic heterocycles. The largest absolute Gasteiger partial charge is 0.490 e. The van der Waals surface area contributed by atoms with Crippen LogP contribution in [0.15, 0.2) is 18.2 Å². The third-order valence-corrected chi connectivity index (χ3v) is 5.96. The number of fused-ring (bicyclic) bond motifs is 3.